The molecule has 9 heteroatoms. The molecule has 1 aliphatic rings. The molecule has 0 aliphatic carbocycles. The van der Waals surface area contributed by atoms with Gasteiger partial charge in [0.05, 0.1) is 0 Å². The number of hydrogen-bond acceptors (Lipinski definition) is 4. The lowest BCUT2D eigenvalue weighted by Crippen LogP contribution is -2.38. The fraction of sp³-hybridized carbons (Fsp3) is 0.529. The molecule has 2 rings (SSSR count). The number of carbonyl (C=O) groups excluding carboxylic acids is 1. The van der Waals surface area contributed by atoms with E-state index >= 15 is 0 Å². The Balaban J connectivity index is 1.94. The maximum Gasteiger partial charge on any atom is 0.323 e. The van der Waals surface area contributed by atoms with Crippen LogP contribution in [-0.4, -0.2) is 39.9 Å². The first kappa shape index (κ1) is 20.2. The van der Waals surface area contributed by atoms with E-state index in [2.05, 4.69) is 19.3 Å². The van der Waals surface area contributed by atoms with E-state index < -0.39 is 22.1 Å². The maximum atomic E-state index is 12.2. The number of anilines is 1. The quantitative estimate of drug-likeness (QED) is 0.374. The minimum atomic E-state index is -3.91. The number of nitrogens with two attached hydrogens (primary N) is 1. The lowest BCUT2D eigenvalue weighted by atomic mass is 10.1. The van der Waals surface area contributed by atoms with Gasteiger partial charge in [0.25, 0.3) is 5.91 Å². The Hall–Kier alpha value is -2.13. The molecule has 0 spiro atoms. The summed E-state index contributed by atoms with van der Waals surface area (Å²) in [6.07, 6.45) is 5.16. The topological polar surface area (TPSA) is 117 Å². The van der Waals surface area contributed by atoms with Gasteiger partial charge in [0, 0.05) is 30.9 Å². The van der Waals surface area contributed by atoms with Crippen molar-refractivity contribution in [2.24, 2.45) is 10.1 Å². The Bertz CT molecular complexity index is 725. The maximum absolute atomic E-state index is 12.2. The highest BCUT2D eigenvalue weighted by Gasteiger charge is 2.14. The molecule has 0 saturated carbocycles. The molecule has 1 saturated heterocycles. The van der Waals surface area contributed by atoms with Crippen LogP contribution in [0.25, 0.3) is 0 Å². The number of guanidine groups is 1. The number of hydrogen-bond donors (Lipinski definition) is 3. The van der Waals surface area contributed by atoms with Gasteiger partial charge in [0.15, 0.2) is 0 Å². The molecule has 1 heterocycles. The molecule has 1 aromatic rings. The van der Waals surface area contributed by atoms with Crippen LogP contribution in [0.5, 0.6) is 0 Å². The number of carbonyl (C=O) groups is 1. The second-order valence-corrected chi connectivity index (χ2v) is 7.67. The van der Waals surface area contributed by atoms with Crippen molar-refractivity contribution >= 4 is 27.8 Å². The van der Waals surface area contributed by atoms with Crippen molar-refractivity contribution in [3.63, 3.8) is 0 Å². The van der Waals surface area contributed by atoms with Gasteiger partial charge in [0.2, 0.25) is 5.96 Å². The molecule has 0 aromatic heterocycles. The van der Waals surface area contributed by atoms with E-state index in [0.717, 1.165) is 25.2 Å². The zero-order valence-corrected chi connectivity index (χ0v) is 15.9. The van der Waals surface area contributed by atoms with Crippen LogP contribution in [0.1, 0.15) is 49.4 Å². The zero-order chi connectivity index (χ0) is 19.0. The number of amides is 1. The van der Waals surface area contributed by atoms with Crippen LogP contribution in [0.15, 0.2) is 28.7 Å². The summed E-state index contributed by atoms with van der Waals surface area (Å²) in [5.74, 6) is -0.959. The highest BCUT2D eigenvalue weighted by Crippen LogP contribution is 2.20. The zero-order valence-electron chi connectivity index (χ0n) is 15.1. The van der Waals surface area contributed by atoms with Gasteiger partial charge in [-0.15, -0.1) is 4.40 Å². The summed E-state index contributed by atoms with van der Waals surface area (Å²) in [6.45, 7) is 4.27. The summed E-state index contributed by atoms with van der Waals surface area (Å²) in [5.41, 5.74) is 7.00. The first-order valence-corrected chi connectivity index (χ1v) is 10.4. The smallest absolute Gasteiger partial charge is 0.323 e. The molecule has 0 radical (unpaired) electrons. The van der Waals surface area contributed by atoms with E-state index in [1.165, 1.54) is 19.3 Å². The fourth-order valence-corrected chi connectivity index (χ4v) is 3.50. The number of nitrogens with zero attached hydrogens (tertiary/aromatic N) is 2. The summed E-state index contributed by atoms with van der Waals surface area (Å²) < 4.78 is 29.1. The average molecular weight is 382 g/mol. The minimum Gasteiger partial charge on any atom is -0.372 e. The molecule has 144 valence electrons. The Morgan fingerprint density at radius 3 is 2.46 bits per heavy atom. The molecule has 1 amide bonds. The molecule has 8 nitrogen and oxygen atoms in total. The molecule has 1 fully saturated rings. The molecule has 0 unspecified atom stereocenters. The third-order valence-corrected chi connectivity index (χ3v) is 5.13. The van der Waals surface area contributed by atoms with E-state index in [9.17, 15) is 13.2 Å². The SMILES string of the molecule is CCCCNS(=O)(=O)/N=C(\N)NC(=O)c1ccc(N2CCCCC2)cc1. The van der Waals surface area contributed by atoms with Crippen LogP contribution in [0.2, 0.25) is 0 Å². The third kappa shape index (κ3) is 6.30. The summed E-state index contributed by atoms with van der Waals surface area (Å²) >= 11 is 0. The summed E-state index contributed by atoms with van der Waals surface area (Å²) in [4.78, 5) is 14.5. The molecule has 0 atom stereocenters. The van der Waals surface area contributed by atoms with Gasteiger partial charge in [-0.3, -0.25) is 10.1 Å². The van der Waals surface area contributed by atoms with Crippen molar-refractivity contribution in [1.82, 2.24) is 10.0 Å². The molecule has 0 bridgehead atoms. The van der Waals surface area contributed by atoms with Crippen LogP contribution in [-0.2, 0) is 10.2 Å². The summed E-state index contributed by atoms with van der Waals surface area (Å²) in [6, 6.07) is 7.16. The Morgan fingerprint density at radius 1 is 1.19 bits per heavy atom. The van der Waals surface area contributed by atoms with E-state index in [1.807, 2.05) is 19.1 Å². The number of unbranched alkanes of at least 4 members (excludes halogenated alkanes) is 1. The van der Waals surface area contributed by atoms with Gasteiger partial charge >= 0.3 is 10.2 Å². The predicted molar refractivity (Wildman–Crippen MR) is 103 cm³/mol. The first-order valence-electron chi connectivity index (χ1n) is 8.92. The lowest BCUT2D eigenvalue weighted by Gasteiger charge is -2.28. The van der Waals surface area contributed by atoms with Crippen LogP contribution in [0.3, 0.4) is 0 Å². The van der Waals surface area contributed by atoms with Gasteiger partial charge in [-0.1, -0.05) is 13.3 Å². The van der Waals surface area contributed by atoms with E-state index in [0.29, 0.717) is 12.0 Å². The number of nitrogens with one attached hydrogen (secondary N) is 2. The normalized spacial score (nSPS) is 15.7. The van der Waals surface area contributed by atoms with Crippen molar-refractivity contribution in [3.05, 3.63) is 29.8 Å². The van der Waals surface area contributed by atoms with E-state index in [4.69, 9.17) is 5.73 Å². The highest BCUT2D eigenvalue weighted by atomic mass is 32.2. The monoisotopic (exact) mass is 381 g/mol. The van der Waals surface area contributed by atoms with Crippen molar-refractivity contribution < 1.29 is 13.2 Å². The van der Waals surface area contributed by atoms with E-state index in [-0.39, 0.29) is 6.54 Å². The first-order chi connectivity index (χ1) is 12.4. The van der Waals surface area contributed by atoms with Crippen molar-refractivity contribution in [2.45, 2.75) is 39.0 Å². The van der Waals surface area contributed by atoms with Crippen LogP contribution >= 0.6 is 0 Å². The second-order valence-electron chi connectivity index (χ2n) is 6.25. The van der Waals surface area contributed by atoms with Gasteiger partial charge in [-0.05, 0) is 49.9 Å². The molecule has 4 N–H and O–H groups in total. The Labute approximate surface area is 155 Å². The van der Waals surface area contributed by atoms with Crippen LogP contribution in [0, 0.1) is 0 Å². The molecule has 1 aromatic carbocycles. The lowest BCUT2D eigenvalue weighted by molar-refractivity contribution is 0.0977. The van der Waals surface area contributed by atoms with Crippen molar-refractivity contribution in [1.29, 1.82) is 0 Å². The van der Waals surface area contributed by atoms with Crippen LogP contribution in [0.4, 0.5) is 5.69 Å². The number of piperidine rings is 1. The molecule has 26 heavy (non-hydrogen) atoms. The average Bonchev–Trinajstić information content (AvgIpc) is 2.62. The Kier molecular flexibility index (Phi) is 7.40. The van der Waals surface area contributed by atoms with Gasteiger partial charge in [0.1, 0.15) is 0 Å². The van der Waals surface area contributed by atoms with Crippen molar-refractivity contribution in [3.8, 4) is 0 Å². The standard InChI is InChI=1S/C17H27N5O3S/c1-2-3-11-19-26(24,25)21-17(18)20-16(23)14-7-9-15(10-8-14)22-12-5-4-6-13-22/h7-10,19H,2-6,11-13H2,1H3,(H3,18,20,21,23). The van der Waals surface area contributed by atoms with E-state index in [1.54, 1.807) is 12.1 Å². The third-order valence-electron chi connectivity index (χ3n) is 4.13. The largest absolute Gasteiger partial charge is 0.372 e. The van der Waals surface area contributed by atoms with Crippen LogP contribution < -0.4 is 20.7 Å². The Morgan fingerprint density at radius 2 is 1.85 bits per heavy atom. The molecular weight excluding hydrogens is 354 g/mol. The highest BCUT2D eigenvalue weighted by molar-refractivity contribution is 7.88. The minimum absolute atomic E-state index is 0.279. The predicted octanol–water partition coefficient (Wildman–Crippen LogP) is 1.36. The van der Waals surface area contributed by atoms with Gasteiger partial charge in [-0.25, -0.2) is 0 Å². The number of rotatable bonds is 7. The second kappa shape index (κ2) is 9.54. The van der Waals surface area contributed by atoms with Crippen molar-refractivity contribution in [2.75, 3.05) is 24.5 Å². The van der Waals surface area contributed by atoms with Gasteiger partial charge < -0.3 is 10.6 Å². The molecule has 1 aliphatic heterocycles. The fourth-order valence-electron chi connectivity index (χ4n) is 2.73. The molecular formula is C17H27N5O3S. The number of benzene rings is 1. The summed E-state index contributed by atoms with van der Waals surface area (Å²) in [7, 11) is -3.91. The van der Waals surface area contributed by atoms with Gasteiger partial charge in [-0.2, -0.15) is 13.1 Å². The summed E-state index contributed by atoms with van der Waals surface area (Å²) in [5, 5.41) is 2.30.